The third-order valence-corrected chi connectivity index (χ3v) is 3.73. The van der Waals surface area contributed by atoms with Gasteiger partial charge in [0.2, 0.25) is 0 Å². The molecule has 1 nitrogen and oxygen atoms in total. The maximum atomic E-state index is 13.6. The van der Waals surface area contributed by atoms with Crippen molar-refractivity contribution in [1.82, 2.24) is 0 Å². The molecular weight excluding hydrogens is 271 g/mol. The van der Waals surface area contributed by atoms with Gasteiger partial charge in [0, 0.05) is 10.9 Å². The number of rotatable bonds is 4. The van der Waals surface area contributed by atoms with Gasteiger partial charge in [0.1, 0.15) is 0 Å². The van der Waals surface area contributed by atoms with Gasteiger partial charge >= 0.3 is 0 Å². The number of ether oxygens (including phenoxy) is 1. The van der Waals surface area contributed by atoms with Crippen molar-refractivity contribution in [3.63, 3.8) is 0 Å². The smallest absolute Gasteiger partial charge is 0.165 e. The van der Waals surface area contributed by atoms with E-state index in [1.165, 1.54) is 31.7 Å². The van der Waals surface area contributed by atoms with Crippen molar-refractivity contribution in [2.45, 2.75) is 31.0 Å². The lowest BCUT2D eigenvalue weighted by atomic mass is 10.1. The molecule has 1 fully saturated rings. The van der Waals surface area contributed by atoms with Crippen LogP contribution >= 0.6 is 15.9 Å². The van der Waals surface area contributed by atoms with E-state index >= 15 is 0 Å². The van der Waals surface area contributed by atoms with Crippen molar-refractivity contribution in [2.24, 2.45) is 5.92 Å². The summed E-state index contributed by atoms with van der Waals surface area (Å²) in [6, 6.07) is 5.06. The number of hydrogen-bond donors (Lipinski definition) is 0. The summed E-state index contributed by atoms with van der Waals surface area (Å²) in [5.41, 5.74) is 0.887. The number of benzene rings is 1. The lowest BCUT2D eigenvalue weighted by Gasteiger charge is -2.14. The van der Waals surface area contributed by atoms with Crippen LogP contribution in [0.1, 0.15) is 31.2 Å². The predicted octanol–water partition coefficient (Wildman–Crippen LogP) is 4.29. The summed E-state index contributed by atoms with van der Waals surface area (Å²) in [7, 11) is 0. The van der Waals surface area contributed by atoms with Gasteiger partial charge in [0.25, 0.3) is 0 Å². The predicted molar refractivity (Wildman–Crippen MR) is 66.5 cm³/mol. The lowest BCUT2D eigenvalue weighted by molar-refractivity contribution is 0.240. The molecule has 0 N–H and O–H groups in total. The van der Waals surface area contributed by atoms with Gasteiger partial charge in [0.15, 0.2) is 11.6 Å². The van der Waals surface area contributed by atoms with Crippen molar-refractivity contribution in [2.75, 3.05) is 6.61 Å². The molecule has 1 aromatic carbocycles. The van der Waals surface area contributed by atoms with E-state index in [1.807, 2.05) is 6.07 Å². The Balaban J connectivity index is 2.01. The maximum absolute atomic E-state index is 13.6. The molecule has 2 rings (SSSR count). The van der Waals surface area contributed by atoms with E-state index in [-0.39, 0.29) is 5.82 Å². The second-order valence-electron chi connectivity index (χ2n) is 4.32. The zero-order valence-corrected chi connectivity index (χ0v) is 10.8. The summed E-state index contributed by atoms with van der Waals surface area (Å²) >= 11 is 3.35. The van der Waals surface area contributed by atoms with E-state index in [2.05, 4.69) is 15.9 Å². The van der Waals surface area contributed by atoms with Gasteiger partial charge in [-0.3, -0.25) is 0 Å². The Bertz CT molecular complexity index is 348. The summed E-state index contributed by atoms with van der Waals surface area (Å²) < 4.78 is 19.2. The lowest BCUT2D eigenvalue weighted by Crippen LogP contribution is -2.10. The van der Waals surface area contributed by atoms with Gasteiger partial charge in [-0.15, -0.1) is 0 Å². The molecule has 0 atom stereocenters. The summed E-state index contributed by atoms with van der Waals surface area (Å²) in [5.74, 6) is 0.781. The summed E-state index contributed by atoms with van der Waals surface area (Å²) in [6.45, 7) is 0.654. The van der Waals surface area contributed by atoms with Gasteiger partial charge in [-0.2, -0.15) is 0 Å². The molecule has 16 heavy (non-hydrogen) atoms. The van der Waals surface area contributed by atoms with Crippen molar-refractivity contribution in [3.8, 4) is 5.75 Å². The first-order valence-electron chi connectivity index (χ1n) is 5.77. The van der Waals surface area contributed by atoms with Crippen molar-refractivity contribution in [1.29, 1.82) is 0 Å². The highest BCUT2D eigenvalue weighted by atomic mass is 79.9. The van der Waals surface area contributed by atoms with Gasteiger partial charge in [0.05, 0.1) is 6.61 Å². The highest BCUT2D eigenvalue weighted by Crippen LogP contribution is 2.29. The Kier molecular flexibility index (Phi) is 4.22. The van der Waals surface area contributed by atoms with Crippen LogP contribution in [-0.4, -0.2) is 6.61 Å². The second-order valence-corrected chi connectivity index (χ2v) is 4.88. The van der Waals surface area contributed by atoms with Crippen LogP contribution in [0, 0.1) is 11.7 Å². The molecular formula is C13H16BrFO. The first-order valence-corrected chi connectivity index (χ1v) is 6.89. The highest BCUT2D eigenvalue weighted by molar-refractivity contribution is 9.08. The van der Waals surface area contributed by atoms with Gasteiger partial charge < -0.3 is 4.74 Å². The van der Waals surface area contributed by atoms with Crippen LogP contribution in [0.15, 0.2) is 18.2 Å². The van der Waals surface area contributed by atoms with Crippen molar-refractivity contribution >= 4 is 15.9 Å². The molecule has 0 saturated heterocycles. The van der Waals surface area contributed by atoms with Gasteiger partial charge in [-0.05, 0) is 24.8 Å². The summed E-state index contributed by atoms with van der Waals surface area (Å²) in [4.78, 5) is 0. The largest absolute Gasteiger partial charge is 0.490 e. The molecule has 1 aliphatic rings. The van der Waals surface area contributed by atoms with Crippen LogP contribution in [-0.2, 0) is 5.33 Å². The van der Waals surface area contributed by atoms with Crippen LogP contribution < -0.4 is 4.74 Å². The summed E-state index contributed by atoms with van der Waals surface area (Å²) in [6.07, 6.45) is 5.02. The molecule has 88 valence electrons. The molecule has 0 aliphatic heterocycles. The molecule has 1 aliphatic carbocycles. The fourth-order valence-corrected chi connectivity index (χ4v) is 2.64. The number of alkyl halides is 1. The van der Waals surface area contributed by atoms with E-state index in [0.717, 1.165) is 5.56 Å². The quantitative estimate of drug-likeness (QED) is 0.751. The van der Waals surface area contributed by atoms with Crippen molar-refractivity contribution in [3.05, 3.63) is 29.6 Å². The van der Waals surface area contributed by atoms with Crippen LogP contribution in [0.4, 0.5) is 4.39 Å². The number of para-hydroxylation sites is 1. The van der Waals surface area contributed by atoms with E-state index < -0.39 is 0 Å². The fraction of sp³-hybridized carbons (Fsp3) is 0.538. The SMILES string of the molecule is Fc1cccc(CBr)c1OCC1CCCC1. The zero-order chi connectivity index (χ0) is 11.4. The molecule has 0 heterocycles. The van der Waals surface area contributed by atoms with E-state index in [1.54, 1.807) is 6.07 Å². The third kappa shape index (κ3) is 2.76. The van der Waals surface area contributed by atoms with E-state index in [4.69, 9.17) is 4.74 Å². The minimum absolute atomic E-state index is 0.255. The summed E-state index contributed by atoms with van der Waals surface area (Å²) in [5, 5.41) is 0.630. The van der Waals surface area contributed by atoms with Gasteiger partial charge in [-0.1, -0.05) is 40.9 Å². The average molecular weight is 287 g/mol. The Hall–Kier alpha value is -0.570. The first-order chi connectivity index (χ1) is 7.81. The normalized spacial score (nSPS) is 16.6. The molecule has 0 aromatic heterocycles. The second kappa shape index (κ2) is 5.67. The minimum atomic E-state index is -0.255. The molecule has 0 amide bonds. The Labute approximate surface area is 104 Å². The third-order valence-electron chi connectivity index (χ3n) is 3.13. The molecule has 0 unspecified atom stereocenters. The van der Waals surface area contributed by atoms with Crippen LogP contribution in [0.25, 0.3) is 0 Å². The molecule has 1 saturated carbocycles. The first kappa shape index (κ1) is 11.9. The highest BCUT2D eigenvalue weighted by Gasteiger charge is 2.17. The van der Waals surface area contributed by atoms with Crippen LogP contribution in [0.3, 0.4) is 0 Å². The topological polar surface area (TPSA) is 9.23 Å². The number of halogens is 2. The Morgan fingerprint density at radius 1 is 1.31 bits per heavy atom. The van der Waals surface area contributed by atoms with E-state index in [0.29, 0.717) is 23.6 Å². The minimum Gasteiger partial charge on any atom is -0.490 e. The van der Waals surface area contributed by atoms with Crippen LogP contribution in [0.2, 0.25) is 0 Å². The molecule has 3 heteroatoms. The zero-order valence-electron chi connectivity index (χ0n) is 9.22. The molecule has 0 spiro atoms. The molecule has 0 bridgehead atoms. The Morgan fingerprint density at radius 3 is 2.75 bits per heavy atom. The average Bonchev–Trinajstić information content (AvgIpc) is 2.80. The monoisotopic (exact) mass is 286 g/mol. The van der Waals surface area contributed by atoms with Gasteiger partial charge in [-0.25, -0.2) is 4.39 Å². The Morgan fingerprint density at radius 2 is 2.06 bits per heavy atom. The molecule has 1 aromatic rings. The fourth-order valence-electron chi connectivity index (χ4n) is 2.20. The van der Waals surface area contributed by atoms with E-state index in [9.17, 15) is 4.39 Å². The maximum Gasteiger partial charge on any atom is 0.165 e. The van der Waals surface area contributed by atoms with Crippen LogP contribution in [0.5, 0.6) is 5.75 Å². The van der Waals surface area contributed by atoms with Crippen molar-refractivity contribution < 1.29 is 9.13 Å². The number of hydrogen-bond acceptors (Lipinski definition) is 1. The molecule has 0 radical (unpaired) electrons. The standard InChI is InChI=1S/C13H16BrFO/c14-8-11-6-3-7-12(15)13(11)16-9-10-4-1-2-5-10/h3,6-7,10H,1-2,4-5,8-9H2.